The van der Waals surface area contributed by atoms with Gasteiger partial charge in [0.15, 0.2) is 21.2 Å². The average molecular weight is 663 g/mol. The molecule has 0 aromatic carbocycles. The molecule has 0 saturated carbocycles. The fraction of sp³-hybridized carbons (Fsp3) is 0.545. The Kier molecular flexibility index (Phi) is 7.54. The summed E-state index contributed by atoms with van der Waals surface area (Å²) in [5.41, 5.74) is 2.45. The zero-order chi connectivity index (χ0) is 25.9. The number of phosphoric ester groups is 1. The number of aromatic amines is 1. The van der Waals surface area contributed by atoms with Gasteiger partial charge in [-0.2, -0.15) is 13.6 Å². The smallest absolute Gasteiger partial charge is 0.387 e. The van der Waals surface area contributed by atoms with Crippen molar-refractivity contribution in [3.05, 3.63) is 14.2 Å². The highest BCUT2D eigenvalue weighted by atomic mass is 127. The number of nitrogens with one attached hydrogen (secondary N) is 1. The Labute approximate surface area is 201 Å². The van der Waals surface area contributed by atoms with Crippen molar-refractivity contribution < 1.29 is 61.4 Å². The van der Waals surface area contributed by atoms with Crippen LogP contribution in [-0.2, 0) is 31.6 Å². The lowest BCUT2D eigenvalue weighted by molar-refractivity contribution is -0.0960. The van der Waals surface area contributed by atoms with Gasteiger partial charge in [-0.05, 0) is 6.92 Å². The van der Waals surface area contributed by atoms with Gasteiger partial charge in [-0.15, -0.1) is 0 Å². The molecule has 19 nitrogen and oxygen atoms in total. The number of halogens is 1. The summed E-state index contributed by atoms with van der Waals surface area (Å²) in [6.07, 6.45) is -4.86. The number of nitrogens with zero attached hydrogens (tertiary/aromatic N) is 3. The number of ether oxygens (including phenoxy) is 1. The van der Waals surface area contributed by atoms with Crippen molar-refractivity contribution in [2.75, 3.05) is 12.3 Å². The lowest BCUT2D eigenvalue weighted by atomic mass is 9.96. The summed E-state index contributed by atoms with van der Waals surface area (Å²) in [6.45, 7) is 0.0997. The Morgan fingerprint density at radius 1 is 1.21 bits per heavy atom. The van der Waals surface area contributed by atoms with Gasteiger partial charge >= 0.3 is 23.5 Å². The van der Waals surface area contributed by atoms with Crippen LogP contribution in [0.3, 0.4) is 0 Å². The first kappa shape index (κ1) is 27.8. The number of nitrogen functional groups attached to an aromatic ring is 1. The lowest BCUT2D eigenvalue weighted by Crippen LogP contribution is -2.44. The molecule has 2 aromatic heterocycles. The molecule has 3 heterocycles. The van der Waals surface area contributed by atoms with Gasteiger partial charge in [-0.1, -0.05) is 0 Å². The molecule has 6 atom stereocenters. The second kappa shape index (κ2) is 9.24. The number of phosphoric acid groups is 3. The number of hydrogen-bond donors (Lipinski definition) is 8. The van der Waals surface area contributed by atoms with Gasteiger partial charge in [0, 0.05) is 22.6 Å². The van der Waals surface area contributed by atoms with E-state index in [1.165, 1.54) is 0 Å². The number of hydrogen-bond acceptors (Lipinski definition) is 13. The van der Waals surface area contributed by atoms with Gasteiger partial charge in [0.05, 0.1) is 6.61 Å². The van der Waals surface area contributed by atoms with Gasteiger partial charge < -0.3 is 40.3 Å². The highest BCUT2D eigenvalue weighted by molar-refractivity contribution is 14.1. The molecule has 9 N–H and O–H groups in total. The van der Waals surface area contributed by atoms with Crippen LogP contribution in [0.15, 0.2) is 4.79 Å². The number of aromatic nitrogens is 4. The van der Waals surface area contributed by atoms with Crippen LogP contribution in [0.5, 0.6) is 0 Å². The normalized spacial score (nSPS) is 29.2. The number of nitrogens with two attached hydrogens (primary N) is 1. The average Bonchev–Trinajstić information content (AvgIpc) is 3.04. The summed E-state index contributed by atoms with van der Waals surface area (Å²) in [5.74, 6) is -0.280. The lowest BCUT2D eigenvalue weighted by Gasteiger charge is -2.27. The van der Waals surface area contributed by atoms with E-state index >= 15 is 0 Å². The predicted molar refractivity (Wildman–Crippen MR) is 116 cm³/mol. The van der Waals surface area contributed by atoms with E-state index in [4.69, 9.17) is 20.3 Å². The van der Waals surface area contributed by atoms with Crippen molar-refractivity contribution in [2.24, 2.45) is 0 Å². The minimum atomic E-state index is -5.75. The molecule has 2 aromatic rings. The Bertz CT molecular complexity index is 1310. The van der Waals surface area contributed by atoms with Crippen LogP contribution in [0.25, 0.3) is 11.2 Å². The Balaban J connectivity index is 1.83. The molecule has 23 heteroatoms. The summed E-state index contributed by atoms with van der Waals surface area (Å²) >= 11 is 1.70. The molecule has 1 fully saturated rings. The first-order valence-electron chi connectivity index (χ1n) is 8.60. The van der Waals surface area contributed by atoms with E-state index < -0.39 is 59.7 Å². The van der Waals surface area contributed by atoms with E-state index in [1.807, 2.05) is 0 Å². The number of aliphatic hydroxyl groups is 2. The predicted octanol–water partition coefficient (Wildman–Crippen LogP) is -1.34. The first-order chi connectivity index (χ1) is 15.3. The van der Waals surface area contributed by atoms with Crippen LogP contribution < -0.4 is 11.3 Å². The SMILES string of the molecule is C[C@@]1(O)[C@H](O)[C@@H](COP(=O)(O)OP(=O)(O)OP(=O)(O)O)O[C@H]1n1c(I)nc2c(=O)[nH]c(N)nc21. The summed E-state index contributed by atoms with van der Waals surface area (Å²) in [6, 6.07) is 0. The number of imidazole rings is 1. The molecule has 34 heavy (non-hydrogen) atoms. The molecule has 0 radical (unpaired) electrons. The fourth-order valence-electron chi connectivity index (χ4n) is 3.01. The van der Waals surface area contributed by atoms with Crippen LogP contribution in [-0.4, -0.2) is 73.7 Å². The largest absolute Gasteiger partial charge is 0.490 e. The van der Waals surface area contributed by atoms with Crippen molar-refractivity contribution in [3.63, 3.8) is 0 Å². The summed E-state index contributed by atoms with van der Waals surface area (Å²) in [4.78, 5) is 58.1. The summed E-state index contributed by atoms with van der Waals surface area (Å²) < 4.78 is 52.4. The number of aliphatic hydroxyl groups excluding tert-OH is 1. The van der Waals surface area contributed by atoms with Crippen LogP contribution in [0.1, 0.15) is 13.2 Å². The monoisotopic (exact) mass is 663 g/mol. The third-order valence-electron chi connectivity index (χ3n) is 4.33. The molecular formula is C11H17IN5O14P3. The Morgan fingerprint density at radius 3 is 2.41 bits per heavy atom. The van der Waals surface area contributed by atoms with Crippen molar-refractivity contribution in [3.8, 4) is 0 Å². The Hall–Kier alpha value is -0.830. The molecule has 1 aliphatic rings. The minimum absolute atomic E-state index is 0.0854. The van der Waals surface area contributed by atoms with Crippen LogP contribution >= 0.6 is 46.1 Å². The van der Waals surface area contributed by atoms with E-state index in [0.717, 1.165) is 11.5 Å². The highest BCUT2D eigenvalue weighted by Gasteiger charge is 2.55. The molecule has 2 unspecified atom stereocenters. The topological polar surface area (TPSA) is 299 Å². The van der Waals surface area contributed by atoms with Crippen molar-refractivity contribution in [1.29, 1.82) is 0 Å². The maximum Gasteiger partial charge on any atom is 0.490 e. The minimum Gasteiger partial charge on any atom is -0.387 e. The van der Waals surface area contributed by atoms with E-state index in [9.17, 15) is 38.5 Å². The molecular weight excluding hydrogens is 646 g/mol. The Morgan fingerprint density at radius 2 is 1.82 bits per heavy atom. The molecule has 0 amide bonds. The van der Waals surface area contributed by atoms with E-state index in [2.05, 4.69) is 28.1 Å². The second-order valence-electron chi connectivity index (χ2n) is 6.96. The van der Waals surface area contributed by atoms with Crippen molar-refractivity contribution in [1.82, 2.24) is 19.5 Å². The van der Waals surface area contributed by atoms with E-state index in [1.54, 1.807) is 22.6 Å². The summed E-state index contributed by atoms with van der Waals surface area (Å²) in [7, 11) is -16.8. The highest BCUT2D eigenvalue weighted by Crippen LogP contribution is 2.66. The third kappa shape index (κ3) is 5.93. The maximum absolute atomic E-state index is 12.1. The van der Waals surface area contributed by atoms with Crippen molar-refractivity contribution in [2.45, 2.75) is 31.0 Å². The van der Waals surface area contributed by atoms with Crippen LogP contribution in [0.2, 0.25) is 0 Å². The first-order valence-corrected chi connectivity index (χ1v) is 14.2. The number of H-pyrrole nitrogens is 1. The molecule has 3 rings (SSSR count). The van der Waals surface area contributed by atoms with Gasteiger partial charge in [0.25, 0.3) is 5.56 Å². The van der Waals surface area contributed by atoms with E-state index in [-0.39, 0.29) is 20.9 Å². The van der Waals surface area contributed by atoms with Crippen molar-refractivity contribution >= 4 is 63.2 Å². The van der Waals surface area contributed by atoms with Crippen LogP contribution in [0, 0.1) is 3.83 Å². The van der Waals surface area contributed by atoms with Gasteiger partial charge in [0.1, 0.15) is 17.8 Å². The molecule has 0 aliphatic carbocycles. The van der Waals surface area contributed by atoms with E-state index in [0.29, 0.717) is 0 Å². The molecule has 0 spiro atoms. The number of rotatable bonds is 8. The molecule has 192 valence electrons. The zero-order valence-electron chi connectivity index (χ0n) is 16.5. The second-order valence-corrected chi connectivity index (χ2v) is 12.3. The molecule has 0 bridgehead atoms. The molecule has 1 saturated heterocycles. The standard InChI is InChI=1S/C11H17IN5O14P3/c1-11(20)5(18)3(2-28-33(24,25)31-34(26,27)30-32(21,22)23)29-8(11)17-6-4(14-9(17)12)7(19)16-10(13)15-6/h3,5,8,18,20H,2H2,1H3,(H,24,25)(H,26,27)(H2,21,22,23)(H3,13,15,16,19)/t3-,5-,8-,11-/m1/s1. The maximum atomic E-state index is 12.1. The summed E-state index contributed by atoms with van der Waals surface area (Å²) in [5, 5.41) is 21.3. The van der Waals surface area contributed by atoms with Gasteiger partial charge in [-0.3, -0.25) is 18.9 Å². The fourth-order valence-corrected chi connectivity index (χ4v) is 6.76. The third-order valence-corrected chi connectivity index (χ3v) is 8.90. The molecule has 1 aliphatic heterocycles. The van der Waals surface area contributed by atoms with Gasteiger partial charge in [0.2, 0.25) is 5.95 Å². The zero-order valence-corrected chi connectivity index (χ0v) is 21.4. The van der Waals surface area contributed by atoms with Crippen LogP contribution in [0.4, 0.5) is 5.95 Å². The number of fused-ring (bicyclic) bond motifs is 1. The quantitative estimate of drug-likeness (QED) is 0.0921. The van der Waals surface area contributed by atoms with Gasteiger partial charge in [-0.25, -0.2) is 18.7 Å². The number of anilines is 1.